The van der Waals surface area contributed by atoms with Crippen molar-refractivity contribution < 1.29 is 4.79 Å². The lowest BCUT2D eigenvalue weighted by atomic mass is 10.1. The summed E-state index contributed by atoms with van der Waals surface area (Å²) in [5, 5.41) is -0.568. The monoisotopic (exact) mass is 202 g/mol. The largest absolute Gasteiger partial charge is 0.296 e. The molecule has 10 heavy (non-hydrogen) atoms. The maximum Gasteiger partial charge on any atom is 0.172 e. The summed E-state index contributed by atoms with van der Waals surface area (Å²) in [6, 6.07) is 0. The van der Waals surface area contributed by atoms with Gasteiger partial charge in [-0.3, -0.25) is 4.79 Å². The van der Waals surface area contributed by atoms with Gasteiger partial charge >= 0.3 is 0 Å². The van der Waals surface area contributed by atoms with Crippen molar-refractivity contribution in [2.24, 2.45) is 0 Å². The van der Waals surface area contributed by atoms with Crippen LogP contribution in [0.4, 0.5) is 0 Å². The van der Waals surface area contributed by atoms with E-state index in [1.807, 2.05) is 0 Å². The Bertz CT molecular complexity index is 131. The number of Topliss-reactive ketones (excluding diaryl/α,β-unsaturated/α-hetero) is 1. The Hall–Kier alpha value is 0.540. The van der Waals surface area contributed by atoms with Crippen molar-refractivity contribution in [3.63, 3.8) is 0 Å². The fourth-order valence-electron chi connectivity index (χ4n) is 0.481. The summed E-state index contributed by atoms with van der Waals surface area (Å²) < 4.78 is 0. The zero-order valence-corrected chi connectivity index (χ0v) is 8.09. The van der Waals surface area contributed by atoms with E-state index >= 15 is 0 Å². The van der Waals surface area contributed by atoms with Gasteiger partial charge in [-0.2, -0.15) is 0 Å². The number of hydrogen-bond acceptors (Lipinski definition) is 1. The Morgan fingerprint density at radius 2 is 2.10 bits per heavy atom. The van der Waals surface area contributed by atoms with Crippen LogP contribution in [0, 0.1) is 0 Å². The summed E-state index contributed by atoms with van der Waals surface area (Å²) in [6.45, 7) is 3.14. The summed E-state index contributed by atoms with van der Waals surface area (Å²) >= 11 is 16.6. The van der Waals surface area contributed by atoms with E-state index in [4.69, 9.17) is 34.8 Å². The second-order valence-electron chi connectivity index (χ2n) is 2.31. The molecule has 60 valence electrons. The van der Waals surface area contributed by atoms with Crippen LogP contribution in [0.3, 0.4) is 0 Å². The Balaban J connectivity index is 4.19. The van der Waals surface area contributed by atoms with Crippen molar-refractivity contribution >= 4 is 40.6 Å². The molecule has 0 aromatic rings. The summed E-state index contributed by atoms with van der Waals surface area (Å²) in [4.78, 5) is 10.0. The first-order valence-corrected chi connectivity index (χ1v) is 4.20. The molecule has 0 radical (unpaired) electrons. The van der Waals surface area contributed by atoms with Gasteiger partial charge in [-0.15, -0.1) is 34.8 Å². The first-order chi connectivity index (χ1) is 4.41. The molecule has 0 amide bonds. The van der Waals surface area contributed by atoms with Crippen molar-refractivity contribution in [1.29, 1.82) is 0 Å². The topological polar surface area (TPSA) is 17.1 Å². The average molecular weight is 203 g/mol. The van der Waals surface area contributed by atoms with Crippen molar-refractivity contribution in [3.8, 4) is 0 Å². The summed E-state index contributed by atoms with van der Waals surface area (Å²) in [5.41, 5.74) is 0. The van der Waals surface area contributed by atoms with Gasteiger partial charge in [0.1, 0.15) is 4.87 Å². The van der Waals surface area contributed by atoms with Crippen LogP contribution in [0.2, 0.25) is 0 Å². The van der Waals surface area contributed by atoms with Gasteiger partial charge in [-0.25, -0.2) is 0 Å². The molecule has 0 spiro atoms. The highest BCUT2D eigenvalue weighted by Crippen LogP contribution is 2.20. The van der Waals surface area contributed by atoms with Gasteiger partial charge in [-0.05, 0) is 13.8 Å². The number of hydrogen-bond donors (Lipinski definition) is 0. The highest BCUT2D eigenvalue weighted by atomic mass is 35.5. The third kappa shape index (κ3) is 2.65. The second-order valence-corrected chi connectivity index (χ2v) is 4.07. The van der Waals surface area contributed by atoms with E-state index in [1.54, 1.807) is 13.8 Å². The van der Waals surface area contributed by atoms with Crippen LogP contribution in [0.25, 0.3) is 0 Å². The zero-order chi connectivity index (χ0) is 8.36. The molecule has 0 aliphatic heterocycles. The lowest BCUT2D eigenvalue weighted by Crippen LogP contribution is -2.35. The van der Waals surface area contributed by atoms with Crippen LogP contribution in [-0.2, 0) is 4.79 Å². The molecular formula is C6H9Cl3O. The third-order valence-corrected chi connectivity index (χ3v) is 2.32. The van der Waals surface area contributed by atoms with Crippen molar-refractivity contribution in [2.45, 2.75) is 24.1 Å². The quantitative estimate of drug-likeness (QED) is 0.644. The fraction of sp³-hybridized carbons (Fsp3) is 0.833. The van der Waals surface area contributed by atoms with Gasteiger partial charge in [-0.1, -0.05) is 0 Å². The molecule has 0 aliphatic carbocycles. The summed E-state index contributed by atoms with van der Waals surface area (Å²) in [7, 11) is 0. The summed E-state index contributed by atoms with van der Waals surface area (Å²) in [6.07, 6.45) is 0. The second kappa shape index (κ2) is 3.80. The van der Waals surface area contributed by atoms with Crippen LogP contribution in [0.5, 0.6) is 0 Å². The Morgan fingerprint density at radius 3 is 2.20 bits per heavy atom. The van der Waals surface area contributed by atoms with Gasteiger partial charge in [0.2, 0.25) is 0 Å². The molecular weight excluding hydrogens is 194 g/mol. The number of alkyl halides is 3. The average Bonchev–Trinajstić information content (AvgIpc) is 1.86. The number of rotatable bonds is 3. The van der Waals surface area contributed by atoms with Crippen LogP contribution >= 0.6 is 34.8 Å². The predicted octanol–water partition coefficient (Wildman–Crippen LogP) is 2.42. The minimum Gasteiger partial charge on any atom is -0.296 e. The van der Waals surface area contributed by atoms with Gasteiger partial charge in [0.05, 0.1) is 5.38 Å². The van der Waals surface area contributed by atoms with E-state index in [-0.39, 0.29) is 11.7 Å². The van der Waals surface area contributed by atoms with Crippen molar-refractivity contribution in [1.82, 2.24) is 0 Å². The highest BCUT2D eigenvalue weighted by molar-refractivity contribution is 6.45. The SMILES string of the molecule is CC(Cl)C(=O)C(C)(Cl)CCl. The van der Waals surface area contributed by atoms with Crippen molar-refractivity contribution in [3.05, 3.63) is 0 Å². The van der Waals surface area contributed by atoms with E-state index in [0.29, 0.717) is 0 Å². The molecule has 0 saturated heterocycles. The van der Waals surface area contributed by atoms with E-state index in [0.717, 1.165) is 0 Å². The first kappa shape index (κ1) is 10.5. The molecule has 0 bridgehead atoms. The normalized spacial score (nSPS) is 19.7. The maximum atomic E-state index is 11.0. The lowest BCUT2D eigenvalue weighted by molar-refractivity contribution is -0.120. The van der Waals surface area contributed by atoms with Gasteiger partial charge < -0.3 is 0 Å². The van der Waals surface area contributed by atoms with E-state index in [1.165, 1.54) is 0 Å². The lowest BCUT2D eigenvalue weighted by Gasteiger charge is -2.17. The molecule has 0 aromatic heterocycles. The Morgan fingerprint density at radius 1 is 1.70 bits per heavy atom. The number of ketones is 1. The molecule has 2 atom stereocenters. The van der Waals surface area contributed by atoms with E-state index in [9.17, 15) is 4.79 Å². The summed E-state index contributed by atoms with van der Waals surface area (Å²) in [5.74, 6) is -0.143. The minimum absolute atomic E-state index is 0.0877. The number of carbonyl (C=O) groups is 1. The first-order valence-electron chi connectivity index (χ1n) is 2.85. The van der Waals surface area contributed by atoms with Crippen molar-refractivity contribution in [2.75, 3.05) is 5.88 Å². The van der Waals surface area contributed by atoms with Crippen LogP contribution < -0.4 is 0 Å². The number of carbonyl (C=O) groups excluding carboxylic acids is 1. The van der Waals surface area contributed by atoms with Crippen LogP contribution in [0.15, 0.2) is 0 Å². The zero-order valence-electron chi connectivity index (χ0n) is 5.83. The van der Waals surface area contributed by atoms with E-state index in [2.05, 4.69) is 0 Å². The molecule has 0 aromatic carbocycles. The molecule has 0 heterocycles. The molecule has 0 fully saturated rings. The fourth-order valence-corrected chi connectivity index (χ4v) is 1.07. The minimum atomic E-state index is -1.01. The van der Waals surface area contributed by atoms with Crippen LogP contribution in [0.1, 0.15) is 13.8 Å². The van der Waals surface area contributed by atoms with Gasteiger partial charge in [0.15, 0.2) is 5.78 Å². The Labute approximate surface area is 75.6 Å². The molecule has 2 unspecified atom stereocenters. The van der Waals surface area contributed by atoms with Gasteiger partial charge in [0.25, 0.3) is 0 Å². The van der Waals surface area contributed by atoms with Gasteiger partial charge in [0, 0.05) is 5.88 Å². The smallest absolute Gasteiger partial charge is 0.172 e. The molecule has 0 rings (SSSR count). The standard InChI is InChI=1S/C6H9Cl3O/c1-4(8)5(10)6(2,9)3-7/h4H,3H2,1-2H3. The van der Waals surface area contributed by atoms with E-state index < -0.39 is 10.3 Å². The molecule has 0 saturated carbocycles. The van der Waals surface area contributed by atoms with Crippen LogP contribution in [-0.4, -0.2) is 21.9 Å². The Kier molecular flexibility index (Phi) is 4.00. The molecule has 0 aliphatic rings. The highest BCUT2D eigenvalue weighted by Gasteiger charge is 2.32. The molecule has 4 heteroatoms. The predicted molar refractivity (Wildman–Crippen MR) is 45.3 cm³/mol. The third-order valence-electron chi connectivity index (χ3n) is 1.13. The number of halogens is 3. The maximum absolute atomic E-state index is 11.0. The molecule has 1 nitrogen and oxygen atoms in total. The molecule has 0 N–H and O–H groups in total.